The van der Waals surface area contributed by atoms with Crippen molar-refractivity contribution >= 4 is 28.6 Å². The summed E-state index contributed by atoms with van der Waals surface area (Å²) in [6, 6.07) is 0. The van der Waals surface area contributed by atoms with Crippen molar-refractivity contribution in [3.8, 4) is 0 Å². The summed E-state index contributed by atoms with van der Waals surface area (Å²) >= 11 is 2.53. The average Bonchev–Trinajstić information content (AvgIpc) is 1.96. The second-order valence-electron chi connectivity index (χ2n) is 4.52. The molecule has 1 unspecified atom stereocenters. The molecule has 2 bridgehead atoms. The van der Waals surface area contributed by atoms with Crippen molar-refractivity contribution in [2.45, 2.75) is 36.5 Å². The monoisotopic (exact) mass is 294 g/mol. The maximum absolute atomic E-state index is 11.5. The number of ether oxygens (including phenoxy) is 1. The van der Waals surface area contributed by atoms with Gasteiger partial charge in [0.05, 0.1) is 12.5 Å². The first kappa shape index (κ1) is 9.74. The van der Waals surface area contributed by atoms with Gasteiger partial charge < -0.3 is 4.74 Å². The summed E-state index contributed by atoms with van der Waals surface area (Å²) in [7, 11) is 0. The van der Waals surface area contributed by atoms with E-state index in [1.165, 1.54) is 19.3 Å². The number of esters is 1. The first-order chi connectivity index (χ1) is 6.01. The highest BCUT2D eigenvalue weighted by Crippen LogP contribution is 2.74. The molecule has 3 saturated carbocycles. The summed E-state index contributed by atoms with van der Waals surface area (Å²) in [6.07, 6.45) is 3.67. The van der Waals surface area contributed by atoms with Gasteiger partial charge in [-0.05, 0) is 31.6 Å². The highest BCUT2D eigenvalue weighted by atomic mass is 127. The van der Waals surface area contributed by atoms with E-state index in [0.29, 0.717) is 15.4 Å². The predicted octanol–water partition coefficient (Wildman–Crippen LogP) is 2.54. The van der Waals surface area contributed by atoms with E-state index in [-0.39, 0.29) is 11.9 Å². The molecule has 1 atom stereocenters. The van der Waals surface area contributed by atoms with E-state index in [0.717, 1.165) is 0 Å². The third-order valence-electron chi connectivity index (χ3n) is 3.57. The van der Waals surface area contributed by atoms with Gasteiger partial charge in [0, 0.05) is 3.42 Å². The van der Waals surface area contributed by atoms with Crippen LogP contribution in [0.3, 0.4) is 0 Å². The molecule has 0 aliphatic heterocycles. The van der Waals surface area contributed by atoms with Crippen LogP contribution < -0.4 is 0 Å². The average molecular weight is 294 g/mol. The van der Waals surface area contributed by atoms with Gasteiger partial charge in [0.1, 0.15) is 0 Å². The fourth-order valence-corrected chi connectivity index (χ4v) is 4.99. The Morgan fingerprint density at radius 3 is 2.46 bits per heavy atom. The number of rotatable bonds is 3. The summed E-state index contributed by atoms with van der Waals surface area (Å²) in [5.41, 5.74) is 0.327. The van der Waals surface area contributed by atoms with Crippen molar-refractivity contribution < 1.29 is 9.53 Å². The lowest BCUT2D eigenvalue weighted by Gasteiger charge is -2.70. The molecule has 3 fully saturated rings. The molecular weight excluding hydrogens is 279 g/mol. The van der Waals surface area contributed by atoms with Gasteiger partial charge >= 0.3 is 5.97 Å². The lowest BCUT2D eigenvalue weighted by atomic mass is 9.40. The summed E-state index contributed by atoms with van der Waals surface area (Å²) in [5, 5.41) is 0. The Hall–Kier alpha value is 0.200. The van der Waals surface area contributed by atoms with Crippen LogP contribution in [-0.2, 0) is 9.53 Å². The standard InChI is InChI=1S/C10H15IO2/c1-3-13-8(12)7(2)9-4-10(11,5-9)6-9/h7H,3-6H2,1-2H3. The first-order valence-electron chi connectivity index (χ1n) is 4.87. The molecule has 0 aromatic rings. The van der Waals surface area contributed by atoms with Gasteiger partial charge in [-0.2, -0.15) is 0 Å². The number of carbonyl (C=O) groups is 1. The largest absolute Gasteiger partial charge is 0.466 e. The summed E-state index contributed by atoms with van der Waals surface area (Å²) in [6.45, 7) is 4.40. The van der Waals surface area contributed by atoms with Gasteiger partial charge in [-0.25, -0.2) is 0 Å². The van der Waals surface area contributed by atoms with Gasteiger partial charge in [-0.1, -0.05) is 29.5 Å². The van der Waals surface area contributed by atoms with E-state index in [2.05, 4.69) is 22.6 Å². The van der Waals surface area contributed by atoms with Crippen molar-refractivity contribution in [1.82, 2.24) is 0 Å². The van der Waals surface area contributed by atoms with Crippen molar-refractivity contribution in [3.63, 3.8) is 0 Å². The predicted molar refractivity (Wildman–Crippen MR) is 58.8 cm³/mol. The van der Waals surface area contributed by atoms with E-state index in [1.54, 1.807) is 0 Å². The van der Waals surface area contributed by atoms with Crippen LogP contribution in [0.25, 0.3) is 0 Å². The van der Waals surface area contributed by atoms with Crippen LogP contribution in [0.1, 0.15) is 33.1 Å². The molecule has 0 aromatic heterocycles. The van der Waals surface area contributed by atoms with E-state index in [4.69, 9.17) is 4.74 Å². The molecule has 74 valence electrons. The van der Waals surface area contributed by atoms with Gasteiger partial charge in [-0.15, -0.1) is 0 Å². The summed E-state index contributed by atoms with van der Waals surface area (Å²) in [4.78, 5) is 11.5. The lowest BCUT2D eigenvalue weighted by molar-refractivity contribution is -0.171. The van der Waals surface area contributed by atoms with Gasteiger partial charge in [0.15, 0.2) is 0 Å². The second-order valence-corrected chi connectivity index (χ2v) is 6.81. The lowest BCUT2D eigenvalue weighted by Crippen LogP contribution is -2.67. The molecule has 0 spiro atoms. The summed E-state index contributed by atoms with van der Waals surface area (Å²) in [5.74, 6) is 0.116. The van der Waals surface area contributed by atoms with Gasteiger partial charge in [0.2, 0.25) is 0 Å². The maximum Gasteiger partial charge on any atom is 0.309 e. The third-order valence-corrected chi connectivity index (χ3v) is 4.71. The zero-order chi connectivity index (χ0) is 9.69. The zero-order valence-electron chi connectivity index (χ0n) is 8.10. The minimum Gasteiger partial charge on any atom is -0.466 e. The molecule has 13 heavy (non-hydrogen) atoms. The highest BCUT2D eigenvalue weighted by molar-refractivity contribution is 14.1. The highest BCUT2D eigenvalue weighted by Gasteiger charge is 2.69. The number of hydrogen-bond donors (Lipinski definition) is 0. The third kappa shape index (κ3) is 1.30. The Bertz CT molecular complexity index is 230. The van der Waals surface area contributed by atoms with E-state index in [1.807, 2.05) is 13.8 Å². The van der Waals surface area contributed by atoms with Crippen molar-refractivity contribution in [2.75, 3.05) is 6.61 Å². The summed E-state index contributed by atoms with van der Waals surface area (Å²) < 4.78 is 5.60. The van der Waals surface area contributed by atoms with Crippen molar-refractivity contribution in [3.05, 3.63) is 0 Å². The van der Waals surface area contributed by atoms with Gasteiger partial charge in [-0.3, -0.25) is 4.79 Å². The molecule has 0 N–H and O–H groups in total. The van der Waals surface area contributed by atoms with Crippen LogP contribution >= 0.6 is 22.6 Å². The number of alkyl halides is 1. The van der Waals surface area contributed by atoms with Crippen LogP contribution in [-0.4, -0.2) is 16.0 Å². The maximum atomic E-state index is 11.5. The van der Waals surface area contributed by atoms with Crippen molar-refractivity contribution in [1.29, 1.82) is 0 Å². The minimum atomic E-state index is 0.000602. The Balaban J connectivity index is 1.92. The number of carbonyl (C=O) groups excluding carboxylic acids is 1. The normalized spacial score (nSPS) is 43.0. The molecule has 0 saturated heterocycles. The minimum absolute atomic E-state index is 0.000602. The molecule has 3 rings (SSSR count). The zero-order valence-corrected chi connectivity index (χ0v) is 10.3. The smallest absolute Gasteiger partial charge is 0.309 e. The Morgan fingerprint density at radius 1 is 1.54 bits per heavy atom. The van der Waals surface area contributed by atoms with Crippen LogP contribution in [0, 0.1) is 11.3 Å². The van der Waals surface area contributed by atoms with Crippen LogP contribution in [0.15, 0.2) is 0 Å². The molecule has 2 nitrogen and oxygen atoms in total. The quantitative estimate of drug-likeness (QED) is 0.454. The van der Waals surface area contributed by atoms with E-state index < -0.39 is 0 Å². The van der Waals surface area contributed by atoms with E-state index in [9.17, 15) is 4.79 Å². The fourth-order valence-electron chi connectivity index (χ4n) is 2.71. The Labute approximate surface area is 92.5 Å². The van der Waals surface area contributed by atoms with E-state index >= 15 is 0 Å². The molecule has 0 aromatic carbocycles. The van der Waals surface area contributed by atoms with Crippen LogP contribution in [0.4, 0.5) is 0 Å². The molecule has 0 amide bonds. The fraction of sp³-hybridized carbons (Fsp3) is 0.900. The van der Waals surface area contributed by atoms with Crippen LogP contribution in [0.2, 0.25) is 0 Å². The Kier molecular flexibility index (Phi) is 2.13. The molecular formula is C10H15IO2. The SMILES string of the molecule is CCOC(=O)C(C)C12CC(I)(C1)C2. The second kappa shape index (κ2) is 2.84. The number of halogens is 1. The topological polar surface area (TPSA) is 26.3 Å². The molecule has 0 heterocycles. The first-order valence-corrected chi connectivity index (χ1v) is 5.95. The van der Waals surface area contributed by atoms with Crippen LogP contribution in [0.5, 0.6) is 0 Å². The molecule has 3 aliphatic rings. The van der Waals surface area contributed by atoms with Crippen molar-refractivity contribution in [2.24, 2.45) is 11.3 Å². The molecule has 0 radical (unpaired) electrons. The molecule has 3 heteroatoms. The molecule has 3 aliphatic carbocycles. The van der Waals surface area contributed by atoms with Gasteiger partial charge in [0.25, 0.3) is 0 Å². The number of hydrogen-bond acceptors (Lipinski definition) is 2. The Morgan fingerprint density at radius 2 is 2.08 bits per heavy atom.